The Hall–Kier alpha value is -1.43. The largest absolute Gasteiger partial charge is 0.356 e. The Labute approximate surface area is 117 Å². The van der Waals surface area contributed by atoms with Crippen LogP contribution in [0.1, 0.15) is 35.9 Å². The minimum Gasteiger partial charge on any atom is -0.356 e. The number of aromatic nitrogens is 1. The summed E-state index contributed by atoms with van der Waals surface area (Å²) in [6, 6.07) is 0. The molecule has 1 unspecified atom stereocenters. The van der Waals surface area contributed by atoms with Crippen molar-refractivity contribution in [3.8, 4) is 0 Å². The molecule has 0 aliphatic carbocycles. The molecule has 1 N–H and O–H groups in total. The molecule has 19 heavy (non-hydrogen) atoms. The van der Waals surface area contributed by atoms with Gasteiger partial charge in [0.2, 0.25) is 5.91 Å². The number of carbonyl (C=O) groups excluding carboxylic acids is 2. The van der Waals surface area contributed by atoms with E-state index in [0.717, 1.165) is 32.4 Å². The molecule has 6 heteroatoms. The molecular weight excluding hydrogens is 262 g/mol. The van der Waals surface area contributed by atoms with E-state index in [9.17, 15) is 9.59 Å². The van der Waals surface area contributed by atoms with E-state index in [1.807, 2.05) is 4.90 Å². The predicted octanol–water partition coefficient (Wildman–Crippen LogP) is 1.52. The SMILES string of the molecule is CC(=O)NCCC1CCCN(C(=O)c2cncs2)C1. The summed E-state index contributed by atoms with van der Waals surface area (Å²) in [6.07, 6.45) is 4.74. The molecule has 1 atom stereocenters. The summed E-state index contributed by atoms with van der Waals surface area (Å²) >= 11 is 1.39. The second-order valence-electron chi connectivity index (χ2n) is 4.90. The van der Waals surface area contributed by atoms with Crippen molar-refractivity contribution in [3.05, 3.63) is 16.6 Å². The van der Waals surface area contributed by atoms with Gasteiger partial charge in [-0.2, -0.15) is 0 Å². The fourth-order valence-electron chi connectivity index (χ4n) is 2.41. The van der Waals surface area contributed by atoms with E-state index in [2.05, 4.69) is 10.3 Å². The molecular formula is C13H19N3O2S. The summed E-state index contributed by atoms with van der Waals surface area (Å²) in [5.74, 6) is 0.581. The highest BCUT2D eigenvalue weighted by Crippen LogP contribution is 2.21. The minimum absolute atomic E-state index is 0.00778. The second kappa shape index (κ2) is 6.65. The lowest BCUT2D eigenvalue weighted by molar-refractivity contribution is -0.119. The number of thiazole rings is 1. The molecule has 2 heterocycles. The first kappa shape index (κ1) is 14.0. The number of nitrogens with one attached hydrogen (secondary N) is 1. The number of piperidine rings is 1. The Morgan fingerprint density at radius 3 is 3.11 bits per heavy atom. The van der Waals surface area contributed by atoms with Crippen LogP contribution < -0.4 is 5.32 Å². The monoisotopic (exact) mass is 281 g/mol. The lowest BCUT2D eigenvalue weighted by Gasteiger charge is -2.32. The van der Waals surface area contributed by atoms with Crippen molar-refractivity contribution in [1.82, 2.24) is 15.2 Å². The van der Waals surface area contributed by atoms with E-state index in [-0.39, 0.29) is 11.8 Å². The number of carbonyl (C=O) groups is 2. The molecule has 0 radical (unpaired) electrons. The van der Waals surface area contributed by atoms with Crippen LogP contribution in [0.15, 0.2) is 11.7 Å². The molecule has 0 bridgehead atoms. The normalized spacial score (nSPS) is 19.2. The van der Waals surface area contributed by atoms with Gasteiger partial charge in [-0.1, -0.05) is 0 Å². The summed E-state index contributed by atoms with van der Waals surface area (Å²) in [7, 11) is 0. The fraction of sp³-hybridized carbons (Fsp3) is 0.615. The van der Waals surface area contributed by atoms with E-state index in [0.29, 0.717) is 17.3 Å². The van der Waals surface area contributed by atoms with E-state index in [1.165, 1.54) is 18.3 Å². The highest BCUT2D eigenvalue weighted by Gasteiger charge is 2.24. The Morgan fingerprint density at radius 2 is 2.42 bits per heavy atom. The Bertz CT molecular complexity index is 433. The van der Waals surface area contributed by atoms with Crippen LogP contribution in [0.3, 0.4) is 0 Å². The van der Waals surface area contributed by atoms with Crippen molar-refractivity contribution in [1.29, 1.82) is 0 Å². The maximum Gasteiger partial charge on any atom is 0.265 e. The van der Waals surface area contributed by atoms with Crippen molar-refractivity contribution < 1.29 is 9.59 Å². The highest BCUT2D eigenvalue weighted by atomic mass is 32.1. The van der Waals surface area contributed by atoms with Gasteiger partial charge in [0.05, 0.1) is 11.7 Å². The van der Waals surface area contributed by atoms with E-state index < -0.39 is 0 Å². The molecule has 2 rings (SSSR count). The summed E-state index contributed by atoms with van der Waals surface area (Å²) < 4.78 is 0. The highest BCUT2D eigenvalue weighted by molar-refractivity contribution is 7.11. The summed E-state index contributed by atoms with van der Waals surface area (Å²) in [5.41, 5.74) is 1.69. The average Bonchev–Trinajstić information content (AvgIpc) is 2.91. The third kappa shape index (κ3) is 4.02. The van der Waals surface area contributed by atoms with Crippen molar-refractivity contribution in [2.45, 2.75) is 26.2 Å². The van der Waals surface area contributed by atoms with Crippen LogP contribution in [-0.2, 0) is 4.79 Å². The fourth-order valence-corrected chi connectivity index (χ4v) is 3.00. The molecule has 0 saturated carbocycles. The zero-order chi connectivity index (χ0) is 13.7. The van der Waals surface area contributed by atoms with Gasteiger partial charge < -0.3 is 10.2 Å². The van der Waals surface area contributed by atoms with Gasteiger partial charge >= 0.3 is 0 Å². The summed E-state index contributed by atoms with van der Waals surface area (Å²) in [4.78, 5) is 29.6. The second-order valence-corrected chi connectivity index (χ2v) is 5.78. The Kier molecular flexibility index (Phi) is 4.90. The van der Waals surface area contributed by atoms with Crippen molar-refractivity contribution in [2.75, 3.05) is 19.6 Å². The van der Waals surface area contributed by atoms with Gasteiger partial charge in [0.1, 0.15) is 4.88 Å². The smallest absolute Gasteiger partial charge is 0.265 e. The van der Waals surface area contributed by atoms with Gasteiger partial charge in [0, 0.05) is 26.6 Å². The van der Waals surface area contributed by atoms with Crippen molar-refractivity contribution >= 4 is 23.2 Å². The van der Waals surface area contributed by atoms with E-state index >= 15 is 0 Å². The summed E-state index contributed by atoms with van der Waals surface area (Å²) in [6.45, 7) is 3.84. The Morgan fingerprint density at radius 1 is 1.58 bits per heavy atom. The van der Waals surface area contributed by atoms with Crippen molar-refractivity contribution in [2.24, 2.45) is 5.92 Å². The lowest BCUT2D eigenvalue weighted by Crippen LogP contribution is -2.40. The van der Waals surface area contributed by atoms with Crippen LogP contribution in [0.25, 0.3) is 0 Å². The van der Waals surface area contributed by atoms with Crippen LogP contribution >= 0.6 is 11.3 Å². The maximum absolute atomic E-state index is 12.2. The number of nitrogens with zero attached hydrogens (tertiary/aromatic N) is 2. The maximum atomic E-state index is 12.2. The first-order valence-corrected chi connectivity index (χ1v) is 7.47. The zero-order valence-corrected chi connectivity index (χ0v) is 11.9. The summed E-state index contributed by atoms with van der Waals surface area (Å²) in [5, 5.41) is 2.81. The molecule has 1 aromatic heterocycles. The topological polar surface area (TPSA) is 62.3 Å². The van der Waals surface area contributed by atoms with Crippen LogP contribution in [0.5, 0.6) is 0 Å². The standard InChI is InChI=1S/C13H19N3O2S/c1-10(17)15-5-4-11-3-2-6-16(8-11)13(18)12-7-14-9-19-12/h7,9,11H,2-6,8H2,1H3,(H,15,17). The molecule has 0 aromatic carbocycles. The number of hydrogen-bond donors (Lipinski definition) is 1. The Balaban J connectivity index is 1.83. The van der Waals surface area contributed by atoms with Gasteiger partial charge in [-0.15, -0.1) is 11.3 Å². The van der Waals surface area contributed by atoms with Crippen LogP contribution in [0.2, 0.25) is 0 Å². The molecule has 1 aliphatic heterocycles. The molecule has 1 saturated heterocycles. The van der Waals surface area contributed by atoms with Crippen molar-refractivity contribution in [3.63, 3.8) is 0 Å². The first-order valence-electron chi connectivity index (χ1n) is 6.59. The van der Waals surface area contributed by atoms with Gasteiger partial charge in [0.15, 0.2) is 0 Å². The number of amides is 2. The molecule has 104 valence electrons. The van der Waals surface area contributed by atoms with E-state index in [1.54, 1.807) is 11.7 Å². The quantitative estimate of drug-likeness (QED) is 0.910. The van der Waals surface area contributed by atoms with Gasteiger partial charge in [0.25, 0.3) is 5.91 Å². The van der Waals surface area contributed by atoms with E-state index in [4.69, 9.17) is 0 Å². The number of rotatable bonds is 4. The molecule has 0 spiro atoms. The van der Waals surface area contributed by atoms with Gasteiger partial charge in [-0.25, -0.2) is 0 Å². The average molecular weight is 281 g/mol. The van der Waals surface area contributed by atoms with Crippen LogP contribution in [0, 0.1) is 5.92 Å². The minimum atomic E-state index is 0.00778. The molecule has 5 nitrogen and oxygen atoms in total. The van der Waals surface area contributed by atoms with Gasteiger partial charge in [-0.3, -0.25) is 14.6 Å². The van der Waals surface area contributed by atoms with Crippen LogP contribution in [-0.4, -0.2) is 41.3 Å². The third-order valence-corrected chi connectivity index (χ3v) is 4.14. The molecule has 1 aliphatic rings. The number of hydrogen-bond acceptors (Lipinski definition) is 4. The first-order chi connectivity index (χ1) is 9.16. The van der Waals surface area contributed by atoms with Gasteiger partial charge in [-0.05, 0) is 25.2 Å². The molecule has 1 aromatic rings. The predicted molar refractivity (Wildman–Crippen MR) is 74.0 cm³/mol. The molecule has 2 amide bonds. The molecule has 1 fully saturated rings. The van der Waals surface area contributed by atoms with Crippen LogP contribution in [0.4, 0.5) is 0 Å². The number of likely N-dealkylation sites (tertiary alicyclic amines) is 1. The zero-order valence-electron chi connectivity index (χ0n) is 11.1. The third-order valence-electron chi connectivity index (χ3n) is 3.38. The lowest BCUT2D eigenvalue weighted by atomic mass is 9.94.